The van der Waals surface area contributed by atoms with E-state index in [4.69, 9.17) is 9.15 Å². The predicted octanol–water partition coefficient (Wildman–Crippen LogP) is 2.20. The highest BCUT2D eigenvalue weighted by atomic mass is 16.5. The largest absolute Gasteiger partial charge is 0.464 e. The number of methoxy groups -OCH3 is 1. The number of hydrogen-bond acceptors (Lipinski definition) is 7. The molecule has 1 aliphatic rings. The monoisotopic (exact) mass is 350 g/mol. The van der Waals surface area contributed by atoms with Crippen LogP contribution in [0.1, 0.15) is 22.2 Å². The molecule has 3 aromatic rings. The summed E-state index contributed by atoms with van der Waals surface area (Å²) in [6.07, 6.45) is 2.76. The molecule has 0 aliphatic carbocycles. The third-order valence-corrected chi connectivity index (χ3v) is 4.09. The number of anilines is 1. The van der Waals surface area contributed by atoms with Gasteiger partial charge >= 0.3 is 5.97 Å². The Hall–Kier alpha value is -3.68. The molecule has 0 fully saturated rings. The Morgan fingerprint density at radius 2 is 2.00 bits per heavy atom. The van der Waals surface area contributed by atoms with E-state index in [0.717, 1.165) is 5.56 Å². The second-order valence-electron chi connectivity index (χ2n) is 5.55. The van der Waals surface area contributed by atoms with Gasteiger partial charge in [0.15, 0.2) is 5.76 Å². The van der Waals surface area contributed by atoms with Crippen LogP contribution >= 0.6 is 0 Å². The SMILES string of the molecule is COC(=O)C1=C(C(=O)c2ccco2)[C@@H](c2ccccc2)n2ncnc2N1. The number of aromatic nitrogens is 3. The topological polar surface area (TPSA) is 99.3 Å². The first-order chi connectivity index (χ1) is 12.7. The molecule has 130 valence electrons. The second kappa shape index (κ2) is 6.32. The number of ketones is 1. The van der Waals surface area contributed by atoms with Gasteiger partial charge < -0.3 is 14.5 Å². The molecule has 0 radical (unpaired) electrons. The van der Waals surface area contributed by atoms with Gasteiger partial charge in [-0.1, -0.05) is 30.3 Å². The van der Waals surface area contributed by atoms with Crippen LogP contribution in [0.2, 0.25) is 0 Å². The van der Waals surface area contributed by atoms with Gasteiger partial charge in [-0.2, -0.15) is 10.1 Å². The Morgan fingerprint density at radius 1 is 1.19 bits per heavy atom. The van der Waals surface area contributed by atoms with Crippen molar-refractivity contribution < 1.29 is 18.7 Å². The number of allylic oxidation sites excluding steroid dienone is 1. The number of Topliss-reactive ketones (excluding diaryl/α,β-unsaturated/α-hetero) is 1. The average Bonchev–Trinajstić information content (AvgIpc) is 3.37. The van der Waals surface area contributed by atoms with Crippen molar-refractivity contribution in [2.24, 2.45) is 0 Å². The normalized spacial score (nSPS) is 16.0. The van der Waals surface area contributed by atoms with Gasteiger partial charge in [-0.15, -0.1) is 0 Å². The number of carbonyl (C=O) groups is 2. The van der Waals surface area contributed by atoms with Crippen molar-refractivity contribution in [1.29, 1.82) is 0 Å². The summed E-state index contributed by atoms with van der Waals surface area (Å²) in [5, 5.41) is 7.07. The Morgan fingerprint density at radius 3 is 2.69 bits per heavy atom. The lowest BCUT2D eigenvalue weighted by atomic mass is 9.91. The summed E-state index contributed by atoms with van der Waals surface area (Å²) in [5.74, 6) is -0.643. The van der Waals surface area contributed by atoms with E-state index < -0.39 is 17.8 Å². The molecule has 1 atom stereocenters. The first kappa shape index (κ1) is 15.8. The Balaban J connectivity index is 1.96. The maximum atomic E-state index is 13.1. The molecule has 1 aromatic carbocycles. The third-order valence-electron chi connectivity index (χ3n) is 4.09. The van der Waals surface area contributed by atoms with Crippen LogP contribution in [0.5, 0.6) is 0 Å². The fourth-order valence-electron chi connectivity index (χ4n) is 2.95. The standard InChI is InChI=1S/C18H14N4O4/c1-25-17(24)14-13(16(23)12-8-5-9-26-12)15(11-6-3-2-4-7-11)22-18(21-14)19-10-20-22/h2-10,15H,1H3,(H,19,20,21)/t15-/m1/s1. The summed E-state index contributed by atoms with van der Waals surface area (Å²) >= 11 is 0. The molecule has 8 heteroatoms. The van der Waals surface area contributed by atoms with Gasteiger partial charge in [0.1, 0.15) is 18.1 Å². The Labute approximate surface area is 148 Å². The van der Waals surface area contributed by atoms with Crippen LogP contribution in [0.25, 0.3) is 0 Å². The molecule has 0 unspecified atom stereocenters. The molecular formula is C18H14N4O4. The van der Waals surface area contributed by atoms with Crippen LogP contribution in [0.15, 0.2) is 70.7 Å². The Kier molecular flexibility index (Phi) is 3.85. The molecule has 0 saturated carbocycles. The van der Waals surface area contributed by atoms with Crippen molar-refractivity contribution >= 4 is 17.7 Å². The zero-order valence-electron chi connectivity index (χ0n) is 13.7. The van der Waals surface area contributed by atoms with Gasteiger partial charge in [0.2, 0.25) is 11.7 Å². The van der Waals surface area contributed by atoms with E-state index in [1.807, 2.05) is 30.3 Å². The molecule has 8 nitrogen and oxygen atoms in total. The van der Waals surface area contributed by atoms with Crippen molar-refractivity contribution in [2.45, 2.75) is 6.04 Å². The Bertz CT molecular complexity index is 989. The number of carbonyl (C=O) groups excluding carboxylic acids is 2. The molecule has 1 aliphatic heterocycles. The van der Waals surface area contributed by atoms with Gasteiger partial charge in [0, 0.05) is 0 Å². The average molecular weight is 350 g/mol. The van der Waals surface area contributed by atoms with E-state index in [0.29, 0.717) is 5.95 Å². The molecule has 0 bridgehead atoms. The number of fused-ring (bicyclic) bond motifs is 1. The second-order valence-corrected chi connectivity index (χ2v) is 5.55. The molecular weight excluding hydrogens is 336 g/mol. The highest BCUT2D eigenvalue weighted by Crippen LogP contribution is 2.36. The fourth-order valence-corrected chi connectivity index (χ4v) is 2.95. The van der Waals surface area contributed by atoms with Crippen LogP contribution in [0, 0.1) is 0 Å². The molecule has 1 N–H and O–H groups in total. The van der Waals surface area contributed by atoms with Crippen LogP contribution in [0.4, 0.5) is 5.95 Å². The summed E-state index contributed by atoms with van der Waals surface area (Å²) in [6, 6.07) is 11.8. The zero-order chi connectivity index (χ0) is 18.1. The van der Waals surface area contributed by atoms with Gasteiger partial charge in [-0.25, -0.2) is 9.48 Å². The molecule has 4 rings (SSSR count). The maximum absolute atomic E-state index is 13.1. The van der Waals surface area contributed by atoms with Crippen LogP contribution in [-0.4, -0.2) is 33.6 Å². The lowest BCUT2D eigenvalue weighted by Gasteiger charge is -2.28. The minimum atomic E-state index is -0.671. The van der Waals surface area contributed by atoms with Crippen LogP contribution < -0.4 is 5.32 Å². The van der Waals surface area contributed by atoms with Gasteiger partial charge in [-0.3, -0.25) is 4.79 Å². The molecule has 0 saturated heterocycles. The van der Waals surface area contributed by atoms with Gasteiger partial charge in [0.05, 0.1) is 18.9 Å². The van der Waals surface area contributed by atoms with Crippen molar-refractivity contribution in [3.63, 3.8) is 0 Å². The van der Waals surface area contributed by atoms with E-state index in [2.05, 4.69) is 15.4 Å². The number of benzene rings is 1. The molecule has 3 heterocycles. The summed E-state index contributed by atoms with van der Waals surface area (Å²) in [7, 11) is 1.25. The minimum absolute atomic E-state index is 0.0169. The molecule has 0 amide bonds. The number of rotatable bonds is 4. The summed E-state index contributed by atoms with van der Waals surface area (Å²) < 4.78 is 11.7. The molecule has 0 spiro atoms. The molecule has 2 aromatic heterocycles. The number of furan rings is 1. The van der Waals surface area contributed by atoms with Crippen molar-refractivity contribution in [2.75, 3.05) is 12.4 Å². The summed E-state index contributed by atoms with van der Waals surface area (Å²) in [5.41, 5.74) is 0.969. The van der Waals surface area contributed by atoms with Crippen LogP contribution in [-0.2, 0) is 9.53 Å². The van der Waals surface area contributed by atoms with Gasteiger partial charge in [-0.05, 0) is 17.7 Å². The number of ether oxygens (including phenoxy) is 1. The number of esters is 1. The summed E-state index contributed by atoms with van der Waals surface area (Å²) in [4.78, 5) is 29.6. The van der Waals surface area contributed by atoms with Crippen molar-refractivity contribution in [3.05, 3.63) is 77.6 Å². The maximum Gasteiger partial charge on any atom is 0.355 e. The quantitative estimate of drug-likeness (QED) is 0.569. The third kappa shape index (κ3) is 2.48. The van der Waals surface area contributed by atoms with E-state index in [1.54, 1.807) is 16.8 Å². The smallest absolute Gasteiger partial charge is 0.355 e. The lowest BCUT2D eigenvalue weighted by Crippen LogP contribution is -2.32. The molecule has 26 heavy (non-hydrogen) atoms. The van der Waals surface area contributed by atoms with Crippen molar-refractivity contribution in [1.82, 2.24) is 14.8 Å². The first-order valence-electron chi connectivity index (χ1n) is 7.83. The zero-order valence-corrected chi connectivity index (χ0v) is 13.7. The van der Waals surface area contributed by atoms with E-state index in [9.17, 15) is 9.59 Å². The lowest BCUT2D eigenvalue weighted by molar-refractivity contribution is -0.136. The fraction of sp³-hybridized carbons (Fsp3) is 0.111. The number of nitrogens with one attached hydrogen (secondary N) is 1. The number of hydrogen-bond donors (Lipinski definition) is 1. The van der Waals surface area contributed by atoms with Crippen molar-refractivity contribution in [3.8, 4) is 0 Å². The highest BCUT2D eigenvalue weighted by Gasteiger charge is 2.38. The summed E-state index contributed by atoms with van der Waals surface area (Å²) in [6.45, 7) is 0. The highest BCUT2D eigenvalue weighted by molar-refractivity contribution is 6.13. The number of nitrogens with zero attached hydrogens (tertiary/aromatic N) is 3. The predicted molar refractivity (Wildman–Crippen MR) is 90.3 cm³/mol. The van der Waals surface area contributed by atoms with E-state index >= 15 is 0 Å². The van der Waals surface area contributed by atoms with Crippen LogP contribution in [0.3, 0.4) is 0 Å². The van der Waals surface area contributed by atoms with Gasteiger partial charge in [0.25, 0.3) is 0 Å². The minimum Gasteiger partial charge on any atom is -0.464 e. The van der Waals surface area contributed by atoms with E-state index in [-0.39, 0.29) is 17.0 Å². The first-order valence-corrected chi connectivity index (χ1v) is 7.83. The van der Waals surface area contributed by atoms with E-state index in [1.165, 1.54) is 19.7 Å².